The van der Waals surface area contributed by atoms with Gasteiger partial charge in [-0.25, -0.2) is 0 Å². The number of carbonyl (C=O) groups is 3. The average Bonchev–Trinajstić information content (AvgIpc) is 2.93. The fourth-order valence-corrected chi connectivity index (χ4v) is 5.28. The maximum atomic E-state index is 13.7. The van der Waals surface area contributed by atoms with Crippen LogP contribution >= 0.6 is 0 Å². The van der Waals surface area contributed by atoms with Crippen LogP contribution in [0.3, 0.4) is 0 Å². The van der Waals surface area contributed by atoms with Crippen molar-refractivity contribution >= 4 is 17.7 Å². The van der Waals surface area contributed by atoms with E-state index in [-0.39, 0.29) is 17.9 Å². The predicted octanol–water partition coefficient (Wildman–Crippen LogP) is 5.06. The second-order valence-corrected chi connectivity index (χ2v) is 10.5. The molecule has 3 N–H and O–H groups in total. The Kier molecular flexibility index (Phi) is 9.52. The van der Waals surface area contributed by atoms with Crippen LogP contribution in [0.15, 0.2) is 71.9 Å². The molecule has 0 aliphatic heterocycles. The molecule has 0 bridgehead atoms. The summed E-state index contributed by atoms with van der Waals surface area (Å²) in [5.41, 5.74) is 2.71. The Balaban J connectivity index is 1.55. The fourth-order valence-electron chi connectivity index (χ4n) is 5.28. The molecule has 2 fully saturated rings. The van der Waals surface area contributed by atoms with Crippen molar-refractivity contribution in [3.8, 4) is 0 Å². The van der Waals surface area contributed by atoms with Gasteiger partial charge < -0.3 is 16.0 Å². The van der Waals surface area contributed by atoms with E-state index in [2.05, 4.69) is 22.9 Å². The minimum atomic E-state index is -0.733. The van der Waals surface area contributed by atoms with E-state index < -0.39 is 11.9 Å². The predicted molar refractivity (Wildman–Crippen MR) is 146 cm³/mol. The Morgan fingerprint density at radius 2 is 1.46 bits per heavy atom. The van der Waals surface area contributed by atoms with Crippen LogP contribution in [-0.4, -0.2) is 29.8 Å². The highest BCUT2D eigenvalue weighted by Gasteiger charge is 2.28. The van der Waals surface area contributed by atoms with Crippen molar-refractivity contribution in [3.63, 3.8) is 0 Å². The molecular weight excluding hydrogens is 462 g/mol. The molecule has 2 aromatic carbocycles. The molecule has 6 heteroatoms. The molecular formula is C31H39N3O3. The summed E-state index contributed by atoms with van der Waals surface area (Å²) in [4.78, 5) is 40.2. The van der Waals surface area contributed by atoms with Crippen LogP contribution in [0.5, 0.6) is 0 Å². The first-order valence-electron chi connectivity index (χ1n) is 13.7. The second kappa shape index (κ2) is 13.2. The van der Waals surface area contributed by atoms with Crippen molar-refractivity contribution in [1.29, 1.82) is 0 Å². The number of hydrogen-bond acceptors (Lipinski definition) is 3. The first kappa shape index (κ1) is 26.6. The molecule has 6 nitrogen and oxygen atoms in total. The third-order valence-corrected chi connectivity index (χ3v) is 7.59. The molecule has 0 unspecified atom stereocenters. The first-order valence-corrected chi connectivity index (χ1v) is 13.7. The summed E-state index contributed by atoms with van der Waals surface area (Å²) in [7, 11) is 0. The van der Waals surface area contributed by atoms with Crippen LogP contribution < -0.4 is 16.0 Å². The lowest BCUT2D eigenvalue weighted by molar-refractivity contribution is -0.128. The van der Waals surface area contributed by atoms with E-state index in [1.807, 2.05) is 36.4 Å². The highest BCUT2D eigenvalue weighted by atomic mass is 16.2. The Morgan fingerprint density at radius 1 is 0.838 bits per heavy atom. The van der Waals surface area contributed by atoms with E-state index in [9.17, 15) is 14.4 Å². The van der Waals surface area contributed by atoms with Crippen molar-refractivity contribution in [2.45, 2.75) is 83.2 Å². The standard InChI is InChI=1S/C31H39N3O3/c1-22-17-19-24(20-18-22)28(34-29(35)25-13-7-3-8-14-25)31(37)33-27(21-23-11-5-2-6-12-23)30(36)32-26-15-9-4-10-16-26/h2-3,5-8,11-14,22,26-27H,4,9-10,15-21H2,1H3,(H,32,36)(H,33,37)(H,34,35)/t22?,27-/m0/s1. The van der Waals surface area contributed by atoms with Gasteiger partial charge in [0.15, 0.2) is 0 Å². The van der Waals surface area contributed by atoms with Gasteiger partial charge in [0, 0.05) is 18.0 Å². The molecule has 0 aromatic heterocycles. The quantitative estimate of drug-likeness (QED) is 0.442. The zero-order valence-corrected chi connectivity index (χ0v) is 21.8. The molecule has 2 aliphatic rings. The zero-order valence-electron chi connectivity index (χ0n) is 21.8. The largest absolute Gasteiger partial charge is 0.352 e. The molecule has 0 radical (unpaired) electrons. The molecule has 2 saturated carbocycles. The minimum Gasteiger partial charge on any atom is -0.352 e. The van der Waals surface area contributed by atoms with Crippen LogP contribution in [0.25, 0.3) is 0 Å². The second-order valence-electron chi connectivity index (χ2n) is 10.5. The van der Waals surface area contributed by atoms with Gasteiger partial charge >= 0.3 is 0 Å². The number of allylic oxidation sites excluding steroid dienone is 1. The molecule has 2 aromatic rings. The average molecular weight is 502 g/mol. The van der Waals surface area contributed by atoms with E-state index in [0.717, 1.165) is 62.5 Å². The van der Waals surface area contributed by atoms with Crippen molar-refractivity contribution < 1.29 is 14.4 Å². The zero-order chi connectivity index (χ0) is 26.0. The van der Waals surface area contributed by atoms with Crippen LogP contribution in [0, 0.1) is 5.92 Å². The van der Waals surface area contributed by atoms with Crippen molar-refractivity contribution in [1.82, 2.24) is 16.0 Å². The summed E-state index contributed by atoms with van der Waals surface area (Å²) < 4.78 is 0. The lowest BCUT2D eigenvalue weighted by Crippen LogP contribution is -2.52. The molecule has 0 heterocycles. The molecule has 2 aliphatic carbocycles. The SMILES string of the molecule is CC1CCC(=C(NC(=O)c2ccccc2)C(=O)N[C@@H](Cc2ccccc2)C(=O)NC2CCCCC2)CC1. The monoisotopic (exact) mass is 501 g/mol. The third-order valence-electron chi connectivity index (χ3n) is 7.59. The minimum absolute atomic E-state index is 0.145. The summed E-state index contributed by atoms with van der Waals surface area (Å²) in [5, 5.41) is 9.08. The fraction of sp³-hybridized carbons (Fsp3) is 0.452. The third kappa shape index (κ3) is 7.78. The summed E-state index contributed by atoms with van der Waals surface area (Å²) in [6.07, 6.45) is 9.22. The van der Waals surface area contributed by atoms with Crippen LogP contribution in [-0.2, 0) is 16.0 Å². The van der Waals surface area contributed by atoms with Crippen molar-refractivity contribution in [2.75, 3.05) is 0 Å². The van der Waals surface area contributed by atoms with E-state index in [1.165, 1.54) is 6.42 Å². The maximum absolute atomic E-state index is 13.7. The lowest BCUT2D eigenvalue weighted by atomic mass is 9.86. The Labute approximate surface area is 220 Å². The van der Waals surface area contributed by atoms with E-state index in [4.69, 9.17) is 0 Å². The summed E-state index contributed by atoms with van der Waals surface area (Å²) >= 11 is 0. The van der Waals surface area contributed by atoms with Crippen molar-refractivity contribution in [3.05, 3.63) is 83.1 Å². The highest BCUT2D eigenvalue weighted by molar-refractivity contribution is 6.04. The van der Waals surface area contributed by atoms with E-state index in [1.54, 1.807) is 24.3 Å². The summed E-state index contributed by atoms with van der Waals surface area (Å²) in [6.45, 7) is 2.21. The first-order chi connectivity index (χ1) is 18.0. The smallest absolute Gasteiger partial charge is 0.268 e. The summed E-state index contributed by atoms with van der Waals surface area (Å²) in [6, 6.07) is 18.1. The topological polar surface area (TPSA) is 87.3 Å². The van der Waals surface area contributed by atoms with Gasteiger partial charge in [-0.15, -0.1) is 0 Å². The van der Waals surface area contributed by atoms with Gasteiger partial charge in [0.05, 0.1) is 0 Å². The van der Waals surface area contributed by atoms with Gasteiger partial charge in [0.25, 0.3) is 11.8 Å². The van der Waals surface area contributed by atoms with Gasteiger partial charge in [0.2, 0.25) is 5.91 Å². The number of amides is 3. The normalized spacial score (nSPS) is 18.9. The number of benzene rings is 2. The van der Waals surface area contributed by atoms with Gasteiger partial charge in [0.1, 0.15) is 11.7 Å². The van der Waals surface area contributed by atoms with E-state index in [0.29, 0.717) is 23.6 Å². The van der Waals surface area contributed by atoms with Crippen LogP contribution in [0.1, 0.15) is 80.6 Å². The Hall–Kier alpha value is -3.41. The van der Waals surface area contributed by atoms with Gasteiger partial charge in [-0.1, -0.05) is 74.7 Å². The molecule has 3 amide bonds. The maximum Gasteiger partial charge on any atom is 0.268 e. The molecule has 196 valence electrons. The molecule has 37 heavy (non-hydrogen) atoms. The Bertz CT molecular complexity index is 1080. The molecule has 1 atom stereocenters. The number of nitrogens with one attached hydrogen (secondary N) is 3. The molecule has 4 rings (SSSR count). The summed E-state index contributed by atoms with van der Waals surface area (Å²) in [5.74, 6) is -0.290. The number of carbonyl (C=O) groups excluding carboxylic acids is 3. The van der Waals surface area contributed by atoms with Gasteiger partial charge in [-0.05, 0) is 67.7 Å². The highest BCUT2D eigenvalue weighted by Crippen LogP contribution is 2.29. The van der Waals surface area contributed by atoms with Crippen LogP contribution in [0.4, 0.5) is 0 Å². The Morgan fingerprint density at radius 3 is 2.11 bits per heavy atom. The van der Waals surface area contributed by atoms with E-state index >= 15 is 0 Å². The number of hydrogen-bond donors (Lipinski definition) is 3. The van der Waals surface area contributed by atoms with Gasteiger partial charge in [-0.3, -0.25) is 14.4 Å². The molecule has 0 spiro atoms. The van der Waals surface area contributed by atoms with Gasteiger partial charge in [-0.2, -0.15) is 0 Å². The lowest BCUT2D eigenvalue weighted by Gasteiger charge is -2.27. The van der Waals surface area contributed by atoms with Crippen molar-refractivity contribution in [2.24, 2.45) is 5.92 Å². The van der Waals surface area contributed by atoms with Crippen LogP contribution in [0.2, 0.25) is 0 Å². The number of rotatable bonds is 8. The molecule has 0 saturated heterocycles.